The predicted molar refractivity (Wildman–Crippen MR) is 71.6 cm³/mol. The number of nitrogens with zero attached hydrogens (tertiary/aromatic N) is 1. The Balaban J connectivity index is 1.92. The summed E-state index contributed by atoms with van der Waals surface area (Å²) in [6, 6.07) is 5.51. The Hall–Kier alpha value is -2.37. The summed E-state index contributed by atoms with van der Waals surface area (Å²) in [5.74, 6) is -0.353. The van der Waals surface area contributed by atoms with Crippen molar-refractivity contribution in [3.05, 3.63) is 48.0 Å². The van der Waals surface area contributed by atoms with Gasteiger partial charge in [0.15, 0.2) is 6.10 Å². The number of aromatic nitrogens is 2. The normalized spacial score (nSPS) is 13.6. The Morgan fingerprint density at radius 3 is 2.90 bits per heavy atom. The van der Waals surface area contributed by atoms with Crippen molar-refractivity contribution in [2.75, 3.05) is 0 Å². The third-order valence-corrected chi connectivity index (χ3v) is 2.86. The summed E-state index contributed by atoms with van der Waals surface area (Å²) in [5.41, 5.74) is 0.872. The first kappa shape index (κ1) is 14.0. The summed E-state index contributed by atoms with van der Waals surface area (Å²) < 4.78 is 18.4. The standard InChI is InChI=1S/C14H16FN3O2/c1-9(11-7-16-17-8-11)18-14(19)10(2)20-13-5-3-4-12(15)6-13/h3-10H,1-2H3,(H,16,17)(H,18,19). The second kappa shape index (κ2) is 6.18. The number of hydrogen-bond donors (Lipinski definition) is 2. The molecule has 0 aliphatic carbocycles. The lowest BCUT2D eigenvalue weighted by Crippen LogP contribution is -2.37. The highest BCUT2D eigenvalue weighted by molar-refractivity contribution is 5.81. The molecular formula is C14H16FN3O2. The second-order valence-corrected chi connectivity index (χ2v) is 4.48. The number of aromatic amines is 1. The number of amides is 1. The maximum absolute atomic E-state index is 13.0. The highest BCUT2D eigenvalue weighted by Gasteiger charge is 2.18. The van der Waals surface area contributed by atoms with Crippen LogP contribution in [-0.4, -0.2) is 22.2 Å². The van der Waals surface area contributed by atoms with Gasteiger partial charge in [0.1, 0.15) is 11.6 Å². The van der Waals surface area contributed by atoms with Crippen LogP contribution < -0.4 is 10.1 Å². The van der Waals surface area contributed by atoms with E-state index in [9.17, 15) is 9.18 Å². The molecule has 2 unspecified atom stereocenters. The lowest BCUT2D eigenvalue weighted by Gasteiger charge is -2.18. The van der Waals surface area contributed by atoms with Crippen LogP contribution in [0.4, 0.5) is 4.39 Å². The lowest BCUT2D eigenvalue weighted by atomic mass is 10.2. The first-order valence-corrected chi connectivity index (χ1v) is 6.27. The van der Waals surface area contributed by atoms with E-state index in [1.165, 1.54) is 18.2 Å². The van der Waals surface area contributed by atoms with Gasteiger partial charge in [-0.2, -0.15) is 5.10 Å². The van der Waals surface area contributed by atoms with Crippen molar-refractivity contribution in [2.24, 2.45) is 0 Å². The zero-order valence-corrected chi connectivity index (χ0v) is 11.3. The van der Waals surface area contributed by atoms with Crippen molar-refractivity contribution in [1.29, 1.82) is 0 Å². The molecule has 1 heterocycles. The number of nitrogens with one attached hydrogen (secondary N) is 2. The topological polar surface area (TPSA) is 67.0 Å². The summed E-state index contributed by atoms with van der Waals surface area (Å²) >= 11 is 0. The molecular weight excluding hydrogens is 261 g/mol. The van der Waals surface area contributed by atoms with Crippen molar-refractivity contribution in [1.82, 2.24) is 15.5 Å². The van der Waals surface area contributed by atoms with E-state index in [4.69, 9.17) is 4.74 Å². The van der Waals surface area contributed by atoms with Gasteiger partial charge in [0.05, 0.1) is 12.2 Å². The highest BCUT2D eigenvalue weighted by atomic mass is 19.1. The average molecular weight is 277 g/mol. The van der Waals surface area contributed by atoms with Crippen LogP contribution in [-0.2, 0) is 4.79 Å². The largest absolute Gasteiger partial charge is 0.481 e. The molecule has 0 aliphatic rings. The van der Waals surface area contributed by atoms with Crippen molar-refractivity contribution < 1.29 is 13.9 Å². The molecule has 1 aromatic heterocycles. The molecule has 2 N–H and O–H groups in total. The molecule has 2 aromatic rings. The summed E-state index contributed by atoms with van der Waals surface area (Å²) in [7, 11) is 0. The van der Waals surface area contributed by atoms with Crippen LogP contribution in [0.3, 0.4) is 0 Å². The Morgan fingerprint density at radius 2 is 2.25 bits per heavy atom. The number of benzene rings is 1. The molecule has 6 heteroatoms. The Kier molecular flexibility index (Phi) is 4.34. The number of ether oxygens (including phenoxy) is 1. The third-order valence-electron chi connectivity index (χ3n) is 2.86. The molecule has 0 bridgehead atoms. The van der Waals surface area contributed by atoms with Gasteiger partial charge in [-0.1, -0.05) is 6.07 Å². The first-order chi connectivity index (χ1) is 9.56. The molecule has 106 valence electrons. The molecule has 5 nitrogen and oxygen atoms in total. The van der Waals surface area contributed by atoms with E-state index in [1.807, 2.05) is 6.92 Å². The Morgan fingerprint density at radius 1 is 1.45 bits per heavy atom. The minimum absolute atomic E-state index is 0.181. The van der Waals surface area contributed by atoms with Crippen molar-refractivity contribution in [3.8, 4) is 5.75 Å². The van der Waals surface area contributed by atoms with Crippen molar-refractivity contribution in [3.63, 3.8) is 0 Å². The van der Waals surface area contributed by atoms with Gasteiger partial charge in [-0.25, -0.2) is 4.39 Å². The van der Waals surface area contributed by atoms with E-state index >= 15 is 0 Å². The zero-order valence-electron chi connectivity index (χ0n) is 11.3. The molecule has 2 rings (SSSR count). The van der Waals surface area contributed by atoms with Gasteiger partial charge in [-0.15, -0.1) is 0 Å². The molecule has 0 saturated heterocycles. The van der Waals surface area contributed by atoms with E-state index in [0.717, 1.165) is 5.56 Å². The fourth-order valence-corrected chi connectivity index (χ4v) is 1.71. The molecule has 1 aromatic carbocycles. The van der Waals surface area contributed by atoms with Crippen molar-refractivity contribution >= 4 is 5.91 Å². The number of halogens is 1. The summed E-state index contributed by atoms with van der Waals surface area (Å²) in [5, 5.41) is 9.31. The number of carbonyl (C=O) groups is 1. The molecule has 2 atom stereocenters. The van der Waals surface area contributed by atoms with E-state index in [-0.39, 0.29) is 11.9 Å². The number of hydrogen-bond acceptors (Lipinski definition) is 3. The van der Waals surface area contributed by atoms with Crippen LogP contribution in [0.5, 0.6) is 5.75 Å². The van der Waals surface area contributed by atoms with Crippen LogP contribution in [0.25, 0.3) is 0 Å². The second-order valence-electron chi connectivity index (χ2n) is 4.48. The number of H-pyrrole nitrogens is 1. The maximum Gasteiger partial charge on any atom is 0.261 e. The van der Waals surface area contributed by atoms with Crippen LogP contribution in [0.1, 0.15) is 25.5 Å². The zero-order chi connectivity index (χ0) is 14.5. The average Bonchev–Trinajstić information content (AvgIpc) is 2.92. The summed E-state index contributed by atoms with van der Waals surface area (Å²) in [6.45, 7) is 3.46. The molecule has 1 amide bonds. The monoisotopic (exact) mass is 277 g/mol. The maximum atomic E-state index is 13.0. The van der Waals surface area contributed by atoms with E-state index in [0.29, 0.717) is 5.75 Å². The van der Waals surface area contributed by atoms with Crippen LogP contribution in [0, 0.1) is 5.82 Å². The van der Waals surface area contributed by atoms with E-state index in [1.54, 1.807) is 25.4 Å². The fourth-order valence-electron chi connectivity index (χ4n) is 1.71. The Bertz CT molecular complexity index is 572. The minimum Gasteiger partial charge on any atom is -0.481 e. The smallest absolute Gasteiger partial charge is 0.261 e. The van der Waals surface area contributed by atoms with Gasteiger partial charge in [-0.05, 0) is 26.0 Å². The Labute approximate surface area is 116 Å². The lowest BCUT2D eigenvalue weighted by molar-refractivity contribution is -0.127. The molecule has 0 spiro atoms. The quantitative estimate of drug-likeness (QED) is 0.880. The van der Waals surface area contributed by atoms with Gasteiger partial charge < -0.3 is 10.1 Å². The van der Waals surface area contributed by atoms with E-state index in [2.05, 4.69) is 15.5 Å². The predicted octanol–water partition coefficient (Wildman–Crippen LogP) is 2.19. The summed E-state index contributed by atoms with van der Waals surface area (Å²) in [6.07, 6.45) is 2.64. The van der Waals surface area contributed by atoms with Gasteiger partial charge in [0.25, 0.3) is 5.91 Å². The fraction of sp³-hybridized carbons (Fsp3) is 0.286. The molecule has 0 radical (unpaired) electrons. The first-order valence-electron chi connectivity index (χ1n) is 6.27. The summed E-state index contributed by atoms with van der Waals surface area (Å²) in [4.78, 5) is 12.0. The molecule has 0 aliphatic heterocycles. The van der Waals surface area contributed by atoms with E-state index < -0.39 is 11.9 Å². The van der Waals surface area contributed by atoms with Gasteiger partial charge in [0, 0.05) is 17.8 Å². The van der Waals surface area contributed by atoms with Crippen LogP contribution in [0.15, 0.2) is 36.7 Å². The number of carbonyl (C=O) groups excluding carboxylic acids is 1. The minimum atomic E-state index is -0.717. The van der Waals surface area contributed by atoms with Crippen molar-refractivity contribution in [2.45, 2.75) is 26.0 Å². The number of rotatable bonds is 5. The molecule has 0 fully saturated rings. The van der Waals surface area contributed by atoms with Crippen LogP contribution in [0.2, 0.25) is 0 Å². The highest BCUT2D eigenvalue weighted by Crippen LogP contribution is 2.15. The van der Waals surface area contributed by atoms with Gasteiger partial charge in [0.2, 0.25) is 0 Å². The molecule has 20 heavy (non-hydrogen) atoms. The van der Waals surface area contributed by atoms with Gasteiger partial charge in [-0.3, -0.25) is 9.89 Å². The van der Waals surface area contributed by atoms with Gasteiger partial charge >= 0.3 is 0 Å². The van der Waals surface area contributed by atoms with Crippen LogP contribution >= 0.6 is 0 Å². The third kappa shape index (κ3) is 3.57. The SMILES string of the molecule is CC(Oc1cccc(F)c1)C(=O)NC(C)c1cn[nH]c1. The molecule has 0 saturated carbocycles.